The third-order valence-corrected chi connectivity index (χ3v) is 5.70. The van der Waals surface area contributed by atoms with Crippen molar-refractivity contribution in [2.75, 3.05) is 16.8 Å². The van der Waals surface area contributed by atoms with Gasteiger partial charge in [-0.25, -0.2) is 0 Å². The Morgan fingerprint density at radius 1 is 1.50 bits per heavy atom. The van der Waals surface area contributed by atoms with Gasteiger partial charge in [0.2, 0.25) is 0 Å². The van der Waals surface area contributed by atoms with Crippen LogP contribution in [0.1, 0.15) is 13.8 Å². The second kappa shape index (κ2) is 1.95. The van der Waals surface area contributed by atoms with Gasteiger partial charge in [-0.1, -0.05) is 29.8 Å². The van der Waals surface area contributed by atoms with Gasteiger partial charge in [0.25, 0.3) is 0 Å². The molecule has 0 radical (unpaired) electrons. The van der Waals surface area contributed by atoms with Crippen molar-refractivity contribution in [3.05, 3.63) is 0 Å². The van der Waals surface area contributed by atoms with E-state index in [1.54, 1.807) is 0 Å². The summed E-state index contributed by atoms with van der Waals surface area (Å²) < 4.78 is 0. The van der Waals surface area contributed by atoms with E-state index in [4.69, 9.17) is 0 Å². The van der Waals surface area contributed by atoms with Crippen LogP contribution in [0.25, 0.3) is 0 Å². The van der Waals surface area contributed by atoms with Crippen molar-refractivity contribution in [2.45, 2.75) is 13.8 Å². The summed E-state index contributed by atoms with van der Waals surface area (Å²) in [5, 5.41) is 1.21. The monoisotopic (exact) mass is 220 g/mol. The van der Waals surface area contributed by atoms with Gasteiger partial charge in [0.1, 0.15) is 0 Å². The van der Waals surface area contributed by atoms with E-state index in [0.717, 1.165) is 11.3 Å². The van der Waals surface area contributed by atoms with Crippen LogP contribution in [0.4, 0.5) is 0 Å². The summed E-state index contributed by atoms with van der Waals surface area (Å²) >= 11 is 5.70. The van der Waals surface area contributed by atoms with Gasteiger partial charge in [-0.05, 0) is 16.7 Å². The number of halogens is 1. The zero-order valence-corrected chi connectivity index (χ0v) is 8.89. The van der Waals surface area contributed by atoms with Gasteiger partial charge >= 0.3 is 0 Å². The van der Waals surface area contributed by atoms with E-state index in [-0.39, 0.29) is 0 Å². The molecule has 1 unspecified atom stereocenters. The van der Waals surface area contributed by atoms with E-state index in [9.17, 15) is 0 Å². The molecule has 1 spiro atoms. The highest BCUT2D eigenvalue weighted by Gasteiger charge is 2.72. The zero-order chi connectivity index (χ0) is 7.41. The molecule has 0 amide bonds. The highest BCUT2D eigenvalue weighted by Crippen LogP contribution is 2.75. The third-order valence-electron chi connectivity index (χ3n) is 3.61. The predicted molar refractivity (Wildman–Crippen MR) is 50.8 cm³/mol. The van der Waals surface area contributed by atoms with Crippen LogP contribution in [0, 0.1) is 16.7 Å². The number of hydrogen-bond donors (Lipinski definition) is 0. The Morgan fingerprint density at radius 2 is 2.10 bits per heavy atom. The first-order valence-electron chi connectivity index (χ1n) is 3.79. The molecule has 0 N–H and O–H groups in total. The molecule has 0 aromatic carbocycles. The maximum Gasteiger partial charge on any atom is 0.00711 e. The van der Waals surface area contributed by atoms with E-state index in [1.807, 2.05) is 0 Å². The zero-order valence-electron chi connectivity index (χ0n) is 6.48. The molecule has 2 heteroatoms. The van der Waals surface area contributed by atoms with Crippen LogP contribution >= 0.6 is 27.7 Å². The Hall–Kier alpha value is 0.830. The molecule has 58 valence electrons. The lowest BCUT2D eigenvalue weighted by Crippen LogP contribution is -2.26. The fourth-order valence-electron chi connectivity index (χ4n) is 2.30. The average molecular weight is 221 g/mol. The molecule has 2 aliphatic rings. The largest absolute Gasteiger partial charge is 0.161 e. The third kappa shape index (κ3) is 0.608. The Morgan fingerprint density at radius 3 is 2.20 bits per heavy atom. The van der Waals surface area contributed by atoms with Crippen LogP contribution in [-0.2, 0) is 0 Å². The van der Waals surface area contributed by atoms with E-state index in [0.29, 0.717) is 5.41 Å². The lowest BCUT2D eigenvalue weighted by atomic mass is 10.00. The van der Waals surface area contributed by atoms with Gasteiger partial charge in [-0.15, -0.1) is 0 Å². The highest BCUT2D eigenvalue weighted by molar-refractivity contribution is 9.09. The quantitative estimate of drug-likeness (QED) is 0.613. The second-order valence-electron chi connectivity index (χ2n) is 4.08. The van der Waals surface area contributed by atoms with Gasteiger partial charge in [0.15, 0.2) is 0 Å². The Labute approximate surface area is 75.3 Å². The lowest BCUT2D eigenvalue weighted by molar-refractivity contribution is 0.452. The van der Waals surface area contributed by atoms with E-state index >= 15 is 0 Å². The number of rotatable bonds is 1. The van der Waals surface area contributed by atoms with Crippen molar-refractivity contribution in [1.29, 1.82) is 0 Å². The standard InChI is InChI=1S/C8H13BrS/c1-7(2)6(3-9)8(7)4-10-5-8/h6H,3-5H2,1-2H3. The smallest absolute Gasteiger partial charge is 0.00711 e. The van der Waals surface area contributed by atoms with Crippen LogP contribution < -0.4 is 0 Å². The molecule has 0 aromatic rings. The molecular weight excluding hydrogens is 208 g/mol. The van der Waals surface area contributed by atoms with Gasteiger partial charge in [0.05, 0.1) is 0 Å². The van der Waals surface area contributed by atoms with E-state index in [2.05, 4.69) is 41.5 Å². The van der Waals surface area contributed by atoms with Crippen LogP contribution in [-0.4, -0.2) is 16.8 Å². The van der Waals surface area contributed by atoms with E-state index in [1.165, 1.54) is 16.8 Å². The molecular formula is C8H13BrS. The van der Waals surface area contributed by atoms with Crippen molar-refractivity contribution < 1.29 is 0 Å². The van der Waals surface area contributed by atoms with Crippen molar-refractivity contribution >= 4 is 27.7 Å². The summed E-state index contributed by atoms with van der Waals surface area (Å²) in [5.74, 6) is 3.79. The Bertz CT molecular complexity index is 161. The number of thioether (sulfide) groups is 1. The second-order valence-corrected chi connectivity index (χ2v) is 5.71. The minimum Gasteiger partial charge on any atom is -0.161 e. The number of alkyl halides is 1. The maximum absolute atomic E-state index is 3.59. The molecule has 0 bridgehead atoms. The van der Waals surface area contributed by atoms with Crippen molar-refractivity contribution in [3.8, 4) is 0 Å². The van der Waals surface area contributed by atoms with Crippen LogP contribution in [0.5, 0.6) is 0 Å². The first-order valence-corrected chi connectivity index (χ1v) is 6.06. The maximum atomic E-state index is 3.59. The molecule has 2 rings (SSSR count). The summed E-state index contributed by atoms with van der Waals surface area (Å²) in [5.41, 5.74) is 1.39. The normalized spacial score (nSPS) is 39.3. The first kappa shape index (κ1) is 7.48. The number of hydrogen-bond acceptors (Lipinski definition) is 1. The molecule has 10 heavy (non-hydrogen) atoms. The highest BCUT2D eigenvalue weighted by atomic mass is 79.9. The summed E-state index contributed by atoms with van der Waals surface area (Å²) in [6.07, 6.45) is 0. The summed E-state index contributed by atoms with van der Waals surface area (Å²) in [7, 11) is 0. The predicted octanol–water partition coefficient (Wildman–Crippen LogP) is 2.77. The Kier molecular flexibility index (Phi) is 1.46. The van der Waals surface area contributed by atoms with Crippen LogP contribution in [0.3, 0.4) is 0 Å². The minimum atomic E-state index is 0.641. The topological polar surface area (TPSA) is 0 Å². The van der Waals surface area contributed by atoms with Crippen molar-refractivity contribution in [1.82, 2.24) is 0 Å². The van der Waals surface area contributed by atoms with E-state index < -0.39 is 0 Å². The molecule has 2 fully saturated rings. The minimum absolute atomic E-state index is 0.641. The summed E-state index contributed by atoms with van der Waals surface area (Å²) in [6.45, 7) is 4.83. The van der Waals surface area contributed by atoms with Gasteiger partial charge < -0.3 is 0 Å². The van der Waals surface area contributed by atoms with Gasteiger partial charge in [-0.3, -0.25) is 0 Å². The lowest BCUT2D eigenvalue weighted by Gasteiger charge is -2.29. The van der Waals surface area contributed by atoms with Crippen LogP contribution in [0.15, 0.2) is 0 Å². The van der Waals surface area contributed by atoms with Gasteiger partial charge in [-0.2, -0.15) is 11.8 Å². The molecule has 0 nitrogen and oxygen atoms in total. The molecule has 1 atom stereocenters. The Balaban J connectivity index is 2.14. The van der Waals surface area contributed by atoms with Crippen molar-refractivity contribution in [3.63, 3.8) is 0 Å². The SMILES string of the molecule is CC1(C)C(CBr)C12CSC2. The molecule has 1 aliphatic carbocycles. The molecule has 0 aromatic heterocycles. The van der Waals surface area contributed by atoms with Crippen LogP contribution in [0.2, 0.25) is 0 Å². The van der Waals surface area contributed by atoms with Crippen molar-refractivity contribution in [2.24, 2.45) is 16.7 Å². The summed E-state index contributed by atoms with van der Waals surface area (Å²) in [4.78, 5) is 0. The molecule has 1 saturated heterocycles. The molecule has 1 aliphatic heterocycles. The fraction of sp³-hybridized carbons (Fsp3) is 1.00. The molecule has 1 saturated carbocycles. The fourth-order valence-corrected chi connectivity index (χ4v) is 5.52. The average Bonchev–Trinajstić information content (AvgIpc) is 2.25. The molecule has 1 heterocycles. The summed E-state index contributed by atoms with van der Waals surface area (Å²) in [6, 6.07) is 0. The van der Waals surface area contributed by atoms with Gasteiger partial charge in [0, 0.05) is 16.8 Å². The first-order chi connectivity index (χ1) is 4.65.